The number of nitrogens with one attached hydrogen (secondary N) is 1. The highest BCUT2D eigenvalue weighted by molar-refractivity contribution is 7.10. The van der Waals surface area contributed by atoms with Gasteiger partial charge in [0.1, 0.15) is 6.04 Å². The molecule has 0 radical (unpaired) electrons. The van der Waals surface area contributed by atoms with E-state index in [0.29, 0.717) is 18.8 Å². The Morgan fingerprint density at radius 3 is 3.18 bits per heavy atom. The Morgan fingerprint density at radius 1 is 1.65 bits per heavy atom. The minimum Gasteiger partial charge on any atom is -0.354 e. The second-order valence-corrected chi connectivity index (χ2v) is 4.36. The number of thiophene rings is 1. The normalized spacial score (nSPS) is 12.3. The van der Waals surface area contributed by atoms with Crippen molar-refractivity contribution in [3.8, 4) is 0 Å². The summed E-state index contributed by atoms with van der Waals surface area (Å²) in [5.41, 5.74) is 5.79. The molecule has 2 heterocycles. The van der Waals surface area contributed by atoms with Crippen LogP contribution in [0.5, 0.6) is 0 Å². The Balaban J connectivity index is 1.77. The predicted octanol–water partition coefficient (Wildman–Crippen LogP) is 0.490. The average molecular weight is 252 g/mol. The number of hydrogen-bond acceptors (Lipinski definition) is 6. The Morgan fingerprint density at radius 2 is 2.53 bits per heavy atom. The number of carbonyl (C=O) groups is 1. The van der Waals surface area contributed by atoms with Crippen LogP contribution in [0.4, 0.5) is 0 Å². The van der Waals surface area contributed by atoms with E-state index in [1.807, 2.05) is 17.5 Å². The quantitative estimate of drug-likeness (QED) is 0.807. The molecular weight excluding hydrogens is 240 g/mol. The van der Waals surface area contributed by atoms with Crippen LogP contribution in [-0.4, -0.2) is 22.6 Å². The second kappa shape index (κ2) is 5.55. The van der Waals surface area contributed by atoms with Gasteiger partial charge < -0.3 is 15.6 Å². The molecule has 0 aromatic carbocycles. The lowest BCUT2D eigenvalue weighted by atomic mass is 10.2. The maximum absolute atomic E-state index is 11.7. The Hall–Kier alpha value is -1.73. The average Bonchev–Trinajstić information content (AvgIpc) is 3.00. The third-order valence-electron chi connectivity index (χ3n) is 2.19. The highest BCUT2D eigenvalue weighted by Gasteiger charge is 2.15. The molecule has 6 nitrogen and oxygen atoms in total. The third kappa shape index (κ3) is 3.11. The molecule has 0 spiro atoms. The van der Waals surface area contributed by atoms with E-state index in [9.17, 15) is 4.79 Å². The molecule has 90 valence electrons. The van der Waals surface area contributed by atoms with Crippen molar-refractivity contribution in [2.75, 3.05) is 6.54 Å². The summed E-state index contributed by atoms with van der Waals surface area (Å²) in [5.74, 6) is 0.367. The van der Waals surface area contributed by atoms with E-state index >= 15 is 0 Å². The fraction of sp³-hybridized carbons (Fsp3) is 0.300. The van der Waals surface area contributed by atoms with Crippen LogP contribution in [0.2, 0.25) is 0 Å². The van der Waals surface area contributed by atoms with E-state index in [4.69, 9.17) is 5.73 Å². The molecule has 2 aromatic rings. The van der Waals surface area contributed by atoms with E-state index in [1.165, 1.54) is 17.7 Å². The van der Waals surface area contributed by atoms with E-state index < -0.39 is 6.04 Å². The molecule has 0 aliphatic rings. The van der Waals surface area contributed by atoms with Crippen LogP contribution in [0.25, 0.3) is 0 Å². The van der Waals surface area contributed by atoms with Crippen LogP contribution in [-0.2, 0) is 11.2 Å². The van der Waals surface area contributed by atoms with Gasteiger partial charge in [0.05, 0.1) is 0 Å². The fourth-order valence-corrected chi connectivity index (χ4v) is 2.03. The lowest BCUT2D eigenvalue weighted by Gasteiger charge is -2.09. The SMILES string of the molecule is NC(C(=O)NCCc1ncon1)c1cccs1. The third-order valence-corrected chi connectivity index (χ3v) is 3.14. The van der Waals surface area contributed by atoms with Crippen LogP contribution >= 0.6 is 11.3 Å². The minimum atomic E-state index is -0.611. The van der Waals surface area contributed by atoms with Crippen LogP contribution in [0.3, 0.4) is 0 Å². The standard InChI is InChI=1S/C10H12N4O2S/c11-9(7-2-1-5-17-7)10(15)12-4-3-8-13-6-16-14-8/h1-2,5-6,9H,3-4,11H2,(H,12,15). The van der Waals surface area contributed by atoms with Crippen molar-refractivity contribution in [1.82, 2.24) is 15.5 Å². The Kier molecular flexibility index (Phi) is 3.84. The second-order valence-electron chi connectivity index (χ2n) is 3.38. The molecule has 2 aromatic heterocycles. The first kappa shape index (κ1) is 11.7. The lowest BCUT2D eigenvalue weighted by molar-refractivity contribution is -0.122. The first-order chi connectivity index (χ1) is 8.27. The maximum atomic E-state index is 11.7. The summed E-state index contributed by atoms with van der Waals surface area (Å²) < 4.78 is 4.58. The summed E-state index contributed by atoms with van der Waals surface area (Å²) in [5, 5.41) is 8.26. The molecule has 0 aliphatic heterocycles. The first-order valence-electron chi connectivity index (χ1n) is 5.09. The lowest BCUT2D eigenvalue weighted by Crippen LogP contribution is -2.34. The number of carbonyl (C=O) groups excluding carboxylic acids is 1. The van der Waals surface area contributed by atoms with E-state index in [0.717, 1.165) is 4.88 Å². The van der Waals surface area contributed by atoms with Crippen molar-refractivity contribution >= 4 is 17.2 Å². The zero-order chi connectivity index (χ0) is 12.1. The van der Waals surface area contributed by atoms with E-state index in [2.05, 4.69) is 20.0 Å². The van der Waals surface area contributed by atoms with E-state index in [-0.39, 0.29) is 5.91 Å². The zero-order valence-corrected chi connectivity index (χ0v) is 9.81. The van der Waals surface area contributed by atoms with Gasteiger partial charge in [-0.15, -0.1) is 11.3 Å². The van der Waals surface area contributed by atoms with Crippen molar-refractivity contribution in [3.05, 3.63) is 34.6 Å². The number of nitrogens with two attached hydrogens (primary N) is 1. The Labute approximate surface area is 102 Å². The molecular formula is C10H12N4O2S. The molecule has 1 amide bonds. The largest absolute Gasteiger partial charge is 0.354 e. The highest BCUT2D eigenvalue weighted by Crippen LogP contribution is 2.16. The molecule has 0 fully saturated rings. The predicted molar refractivity (Wildman–Crippen MR) is 62.3 cm³/mol. The monoisotopic (exact) mass is 252 g/mol. The van der Waals surface area contributed by atoms with Gasteiger partial charge in [0.15, 0.2) is 5.82 Å². The summed E-state index contributed by atoms with van der Waals surface area (Å²) in [6, 6.07) is 3.10. The number of hydrogen-bond donors (Lipinski definition) is 2. The molecule has 1 atom stereocenters. The van der Waals surface area contributed by atoms with E-state index in [1.54, 1.807) is 0 Å². The smallest absolute Gasteiger partial charge is 0.242 e. The van der Waals surface area contributed by atoms with Gasteiger partial charge in [-0.3, -0.25) is 4.79 Å². The van der Waals surface area contributed by atoms with Gasteiger partial charge in [0, 0.05) is 17.8 Å². The van der Waals surface area contributed by atoms with Crippen molar-refractivity contribution in [2.45, 2.75) is 12.5 Å². The topological polar surface area (TPSA) is 94.0 Å². The summed E-state index contributed by atoms with van der Waals surface area (Å²) >= 11 is 1.47. The van der Waals surface area contributed by atoms with Gasteiger partial charge in [-0.1, -0.05) is 11.2 Å². The number of nitrogens with zero attached hydrogens (tertiary/aromatic N) is 2. The molecule has 2 rings (SSSR count). The molecule has 7 heteroatoms. The Bertz CT molecular complexity index is 455. The molecule has 0 aliphatic carbocycles. The van der Waals surface area contributed by atoms with Crippen LogP contribution in [0, 0.1) is 0 Å². The van der Waals surface area contributed by atoms with Gasteiger partial charge in [0.2, 0.25) is 12.3 Å². The van der Waals surface area contributed by atoms with Gasteiger partial charge in [0.25, 0.3) is 0 Å². The minimum absolute atomic E-state index is 0.198. The summed E-state index contributed by atoms with van der Waals surface area (Å²) in [7, 11) is 0. The highest BCUT2D eigenvalue weighted by atomic mass is 32.1. The molecule has 3 N–H and O–H groups in total. The van der Waals surface area contributed by atoms with Crippen molar-refractivity contribution in [3.63, 3.8) is 0 Å². The summed E-state index contributed by atoms with van der Waals surface area (Å²) in [6.07, 6.45) is 1.79. The summed E-state index contributed by atoms with van der Waals surface area (Å²) in [6.45, 7) is 0.442. The van der Waals surface area contributed by atoms with Crippen molar-refractivity contribution in [1.29, 1.82) is 0 Å². The van der Waals surface area contributed by atoms with Crippen LogP contribution < -0.4 is 11.1 Å². The van der Waals surface area contributed by atoms with Gasteiger partial charge in [-0.2, -0.15) is 4.98 Å². The molecule has 1 unspecified atom stereocenters. The van der Waals surface area contributed by atoms with Crippen LogP contribution in [0.1, 0.15) is 16.7 Å². The number of aromatic nitrogens is 2. The molecule has 0 bridgehead atoms. The van der Waals surface area contributed by atoms with Gasteiger partial charge in [-0.05, 0) is 11.4 Å². The van der Waals surface area contributed by atoms with Gasteiger partial charge in [-0.25, -0.2) is 0 Å². The molecule has 17 heavy (non-hydrogen) atoms. The van der Waals surface area contributed by atoms with Crippen molar-refractivity contribution in [2.24, 2.45) is 5.73 Å². The zero-order valence-electron chi connectivity index (χ0n) is 9.00. The number of rotatable bonds is 5. The molecule has 0 saturated carbocycles. The first-order valence-corrected chi connectivity index (χ1v) is 5.97. The van der Waals surface area contributed by atoms with Crippen molar-refractivity contribution < 1.29 is 9.32 Å². The van der Waals surface area contributed by atoms with Gasteiger partial charge >= 0.3 is 0 Å². The number of amides is 1. The maximum Gasteiger partial charge on any atom is 0.242 e. The fourth-order valence-electron chi connectivity index (χ4n) is 1.31. The van der Waals surface area contributed by atoms with Crippen LogP contribution in [0.15, 0.2) is 28.4 Å². The molecule has 0 saturated heterocycles. The summed E-state index contributed by atoms with van der Waals surface area (Å²) in [4.78, 5) is 16.4.